The number of carbonyl (C=O) groups is 2. The monoisotopic (exact) mass is 231 g/mol. The Morgan fingerprint density at radius 2 is 1.88 bits per heavy atom. The van der Waals surface area contributed by atoms with Gasteiger partial charge >= 0.3 is 12.3 Å². The standard InChI is InChI=1S/C10H15O6/c1-4-8(16-10(12)14-3)6-5-7-15-9(11)13-2/h1,4,8H,5-7H2,2-3H3. The van der Waals surface area contributed by atoms with Gasteiger partial charge in [-0.05, 0) is 18.9 Å². The third-order valence-electron chi connectivity index (χ3n) is 1.65. The van der Waals surface area contributed by atoms with Crippen LogP contribution in [0, 0.1) is 6.58 Å². The van der Waals surface area contributed by atoms with Crippen LogP contribution in [0.1, 0.15) is 12.8 Å². The highest BCUT2D eigenvalue weighted by molar-refractivity contribution is 5.60. The van der Waals surface area contributed by atoms with Crippen molar-refractivity contribution in [1.82, 2.24) is 0 Å². The molecule has 0 aliphatic rings. The lowest BCUT2D eigenvalue weighted by atomic mass is 10.2. The van der Waals surface area contributed by atoms with E-state index in [1.807, 2.05) is 0 Å². The van der Waals surface area contributed by atoms with Crippen LogP contribution in [0.2, 0.25) is 0 Å². The summed E-state index contributed by atoms with van der Waals surface area (Å²) in [6.45, 7) is 5.42. The molecule has 91 valence electrons. The Morgan fingerprint density at radius 1 is 1.25 bits per heavy atom. The molecule has 1 radical (unpaired) electrons. The van der Waals surface area contributed by atoms with Crippen LogP contribution in [0.15, 0.2) is 6.08 Å². The topological polar surface area (TPSA) is 71.1 Å². The molecule has 0 spiro atoms. The maximum Gasteiger partial charge on any atom is 0.508 e. The van der Waals surface area contributed by atoms with Crippen LogP contribution in [0.25, 0.3) is 0 Å². The van der Waals surface area contributed by atoms with E-state index in [1.54, 1.807) is 0 Å². The van der Waals surface area contributed by atoms with Crippen LogP contribution in [0.5, 0.6) is 0 Å². The molecule has 1 atom stereocenters. The zero-order valence-electron chi connectivity index (χ0n) is 9.30. The summed E-state index contributed by atoms with van der Waals surface area (Å²) in [4.78, 5) is 21.3. The second-order valence-corrected chi connectivity index (χ2v) is 2.75. The fourth-order valence-corrected chi connectivity index (χ4v) is 0.865. The fraction of sp³-hybridized carbons (Fsp3) is 0.600. The van der Waals surface area contributed by atoms with Gasteiger partial charge in [0.25, 0.3) is 0 Å². The van der Waals surface area contributed by atoms with Crippen molar-refractivity contribution in [3.63, 3.8) is 0 Å². The third-order valence-corrected chi connectivity index (χ3v) is 1.65. The summed E-state index contributed by atoms with van der Waals surface area (Å²) in [7, 11) is 2.43. The van der Waals surface area contributed by atoms with E-state index in [0.29, 0.717) is 12.8 Å². The van der Waals surface area contributed by atoms with Gasteiger partial charge in [-0.3, -0.25) is 0 Å². The van der Waals surface area contributed by atoms with E-state index >= 15 is 0 Å². The summed E-state index contributed by atoms with van der Waals surface area (Å²) in [5.41, 5.74) is 0. The van der Waals surface area contributed by atoms with Crippen molar-refractivity contribution < 1.29 is 28.5 Å². The molecule has 0 aliphatic heterocycles. The second kappa shape index (κ2) is 8.58. The Kier molecular flexibility index (Phi) is 7.66. The van der Waals surface area contributed by atoms with Crippen molar-refractivity contribution in [3.8, 4) is 0 Å². The summed E-state index contributed by atoms with van der Waals surface area (Å²) in [6.07, 6.45) is 0.0405. The van der Waals surface area contributed by atoms with E-state index in [0.717, 1.165) is 0 Å². The number of methoxy groups -OCH3 is 2. The smallest absolute Gasteiger partial charge is 0.438 e. The lowest BCUT2D eigenvalue weighted by molar-refractivity contribution is 0.0425. The van der Waals surface area contributed by atoms with E-state index in [9.17, 15) is 9.59 Å². The summed E-state index contributed by atoms with van der Waals surface area (Å²) >= 11 is 0. The van der Waals surface area contributed by atoms with Gasteiger partial charge in [-0.1, -0.05) is 6.58 Å². The SMILES string of the molecule is [CH]=CC(CCCOC(=O)OC)OC(=O)OC. The maximum atomic E-state index is 10.7. The molecule has 0 rings (SSSR count). The Morgan fingerprint density at radius 3 is 2.38 bits per heavy atom. The maximum absolute atomic E-state index is 10.7. The molecule has 0 amide bonds. The van der Waals surface area contributed by atoms with Gasteiger partial charge in [0.1, 0.15) is 6.10 Å². The zero-order chi connectivity index (χ0) is 12.4. The lowest BCUT2D eigenvalue weighted by Gasteiger charge is -2.12. The number of hydrogen-bond acceptors (Lipinski definition) is 6. The second-order valence-electron chi connectivity index (χ2n) is 2.75. The quantitative estimate of drug-likeness (QED) is 0.511. The predicted octanol–water partition coefficient (Wildman–Crippen LogP) is 1.69. The lowest BCUT2D eigenvalue weighted by Crippen LogP contribution is -2.17. The van der Waals surface area contributed by atoms with Crippen molar-refractivity contribution in [2.24, 2.45) is 0 Å². The molecule has 0 aliphatic carbocycles. The molecule has 0 fully saturated rings. The number of rotatable bonds is 6. The van der Waals surface area contributed by atoms with Crippen LogP contribution < -0.4 is 0 Å². The Labute approximate surface area is 94.1 Å². The number of hydrogen-bond donors (Lipinski definition) is 0. The zero-order valence-corrected chi connectivity index (χ0v) is 9.30. The third kappa shape index (κ3) is 6.69. The minimum Gasteiger partial charge on any atom is -0.438 e. The molecule has 0 aromatic heterocycles. The predicted molar refractivity (Wildman–Crippen MR) is 53.7 cm³/mol. The average Bonchev–Trinajstić information content (AvgIpc) is 2.32. The highest BCUT2D eigenvalue weighted by atomic mass is 16.7. The van der Waals surface area contributed by atoms with Crippen LogP contribution in [-0.4, -0.2) is 39.2 Å². The van der Waals surface area contributed by atoms with Crippen LogP contribution in [0.4, 0.5) is 9.59 Å². The molecule has 0 heterocycles. The van der Waals surface area contributed by atoms with Gasteiger partial charge in [-0.15, -0.1) is 0 Å². The highest BCUT2D eigenvalue weighted by Crippen LogP contribution is 2.05. The molecule has 6 heteroatoms. The molecule has 0 N–H and O–H groups in total. The number of carbonyl (C=O) groups excluding carboxylic acids is 2. The van der Waals surface area contributed by atoms with Gasteiger partial charge in [0.15, 0.2) is 0 Å². The van der Waals surface area contributed by atoms with Gasteiger partial charge in [0, 0.05) is 0 Å². The highest BCUT2D eigenvalue weighted by Gasteiger charge is 2.11. The molecule has 0 aromatic rings. The van der Waals surface area contributed by atoms with Gasteiger partial charge in [-0.2, -0.15) is 0 Å². The molecule has 0 saturated heterocycles. The molecular formula is C10H15O6. The Bertz CT molecular complexity index is 237. The van der Waals surface area contributed by atoms with Crippen LogP contribution in [0.3, 0.4) is 0 Å². The van der Waals surface area contributed by atoms with Crippen molar-refractivity contribution in [2.75, 3.05) is 20.8 Å². The Balaban J connectivity index is 3.67. The van der Waals surface area contributed by atoms with Gasteiger partial charge in [-0.25, -0.2) is 9.59 Å². The Hall–Kier alpha value is -1.72. The average molecular weight is 231 g/mol. The minimum atomic E-state index is -0.805. The number of ether oxygens (including phenoxy) is 4. The van der Waals surface area contributed by atoms with E-state index in [1.165, 1.54) is 20.3 Å². The first-order chi connectivity index (χ1) is 7.63. The van der Waals surface area contributed by atoms with Crippen LogP contribution >= 0.6 is 0 Å². The molecule has 16 heavy (non-hydrogen) atoms. The van der Waals surface area contributed by atoms with E-state index in [2.05, 4.69) is 14.2 Å². The van der Waals surface area contributed by atoms with Gasteiger partial charge in [0.05, 0.1) is 20.8 Å². The van der Waals surface area contributed by atoms with Crippen LogP contribution in [-0.2, 0) is 18.9 Å². The van der Waals surface area contributed by atoms with Crippen molar-refractivity contribution >= 4 is 12.3 Å². The van der Waals surface area contributed by atoms with E-state index in [4.69, 9.17) is 11.3 Å². The molecule has 0 bridgehead atoms. The summed E-state index contributed by atoms with van der Waals surface area (Å²) in [5, 5.41) is 0. The van der Waals surface area contributed by atoms with E-state index < -0.39 is 18.4 Å². The summed E-state index contributed by atoms with van der Waals surface area (Å²) < 4.78 is 18.0. The molecule has 1 unspecified atom stereocenters. The molecule has 0 aromatic carbocycles. The van der Waals surface area contributed by atoms with Crippen molar-refractivity contribution in [2.45, 2.75) is 18.9 Å². The van der Waals surface area contributed by atoms with Gasteiger partial charge < -0.3 is 18.9 Å². The summed E-state index contributed by atoms with van der Waals surface area (Å²) in [6, 6.07) is 0. The van der Waals surface area contributed by atoms with Crippen molar-refractivity contribution in [1.29, 1.82) is 0 Å². The first-order valence-corrected chi connectivity index (χ1v) is 4.64. The molecule has 6 nitrogen and oxygen atoms in total. The van der Waals surface area contributed by atoms with Gasteiger partial charge in [0.2, 0.25) is 0 Å². The largest absolute Gasteiger partial charge is 0.508 e. The van der Waals surface area contributed by atoms with E-state index in [-0.39, 0.29) is 6.61 Å². The molecule has 0 saturated carbocycles. The first-order valence-electron chi connectivity index (χ1n) is 4.64. The summed E-state index contributed by atoms with van der Waals surface area (Å²) in [5.74, 6) is 0. The fourth-order valence-electron chi connectivity index (χ4n) is 0.865. The van der Waals surface area contributed by atoms with Crippen molar-refractivity contribution in [3.05, 3.63) is 12.7 Å². The normalized spacial score (nSPS) is 11.1. The molecular weight excluding hydrogens is 216 g/mol. The first kappa shape index (κ1) is 14.3. The minimum absolute atomic E-state index is 0.168.